The summed E-state index contributed by atoms with van der Waals surface area (Å²) in [7, 11) is 2.05. The summed E-state index contributed by atoms with van der Waals surface area (Å²) in [4.78, 5) is 0. The van der Waals surface area contributed by atoms with Crippen LogP contribution in [0.15, 0.2) is 29.8 Å². The summed E-state index contributed by atoms with van der Waals surface area (Å²) in [5.74, 6) is 0. The Kier molecular flexibility index (Phi) is 3.45. The fourth-order valence-electron chi connectivity index (χ4n) is 2.47. The molecule has 0 bridgehead atoms. The molecule has 1 atom stereocenters. The van der Waals surface area contributed by atoms with E-state index in [2.05, 4.69) is 50.5 Å². The first-order chi connectivity index (χ1) is 7.72. The van der Waals surface area contributed by atoms with Crippen LogP contribution in [0.1, 0.15) is 42.0 Å². The first-order valence-corrected chi connectivity index (χ1v) is 6.15. The van der Waals surface area contributed by atoms with Gasteiger partial charge in [0.2, 0.25) is 0 Å². The van der Waals surface area contributed by atoms with E-state index in [9.17, 15) is 0 Å². The summed E-state index contributed by atoms with van der Waals surface area (Å²) < 4.78 is 0. The zero-order chi connectivity index (χ0) is 11.5. The molecule has 0 heterocycles. The zero-order valence-electron chi connectivity index (χ0n) is 10.5. The minimum atomic E-state index is 0.418. The minimum Gasteiger partial charge on any atom is -0.310 e. The molecule has 0 saturated carbocycles. The largest absolute Gasteiger partial charge is 0.310 e. The molecule has 0 aromatic heterocycles. The molecule has 1 aliphatic carbocycles. The van der Waals surface area contributed by atoms with Crippen molar-refractivity contribution in [2.45, 2.75) is 39.2 Å². The number of allylic oxidation sites excluding steroid dienone is 1. The SMILES string of the molecule is CNC(C1=CCCC1)c1ccc(C)c(C)c1. The van der Waals surface area contributed by atoms with Crippen molar-refractivity contribution in [2.75, 3.05) is 7.05 Å². The van der Waals surface area contributed by atoms with Crippen LogP contribution in [0, 0.1) is 13.8 Å². The molecule has 16 heavy (non-hydrogen) atoms. The topological polar surface area (TPSA) is 12.0 Å². The van der Waals surface area contributed by atoms with Crippen molar-refractivity contribution in [3.8, 4) is 0 Å². The molecule has 86 valence electrons. The van der Waals surface area contributed by atoms with Crippen molar-refractivity contribution >= 4 is 0 Å². The molecule has 0 amide bonds. The van der Waals surface area contributed by atoms with Gasteiger partial charge in [-0.15, -0.1) is 0 Å². The van der Waals surface area contributed by atoms with Crippen LogP contribution in [0.25, 0.3) is 0 Å². The molecular weight excluding hydrogens is 194 g/mol. The van der Waals surface area contributed by atoms with E-state index in [0.717, 1.165) is 0 Å². The van der Waals surface area contributed by atoms with Gasteiger partial charge in [0, 0.05) is 0 Å². The van der Waals surface area contributed by atoms with Crippen molar-refractivity contribution in [3.05, 3.63) is 46.5 Å². The third-order valence-corrected chi connectivity index (χ3v) is 3.60. The van der Waals surface area contributed by atoms with Gasteiger partial charge in [-0.2, -0.15) is 0 Å². The Bertz CT molecular complexity index is 404. The molecule has 1 aromatic carbocycles. The molecule has 1 heteroatoms. The van der Waals surface area contributed by atoms with E-state index in [0.29, 0.717) is 6.04 Å². The van der Waals surface area contributed by atoms with E-state index in [-0.39, 0.29) is 0 Å². The Labute approximate surface area is 98.6 Å². The van der Waals surface area contributed by atoms with Crippen LogP contribution >= 0.6 is 0 Å². The van der Waals surface area contributed by atoms with E-state index < -0.39 is 0 Å². The van der Waals surface area contributed by atoms with Crippen molar-refractivity contribution < 1.29 is 0 Å². The van der Waals surface area contributed by atoms with E-state index >= 15 is 0 Å². The van der Waals surface area contributed by atoms with Gasteiger partial charge >= 0.3 is 0 Å². The average molecular weight is 215 g/mol. The molecule has 1 N–H and O–H groups in total. The highest BCUT2D eigenvalue weighted by Crippen LogP contribution is 2.31. The molecule has 2 rings (SSSR count). The first-order valence-electron chi connectivity index (χ1n) is 6.15. The Balaban J connectivity index is 2.29. The lowest BCUT2D eigenvalue weighted by atomic mass is 9.95. The predicted octanol–water partition coefficient (Wildman–Crippen LogP) is 3.67. The Morgan fingerprint density at radius 2 is 2.00 bits per heavy atom. The van der Waals surface area contributed by atoms with Crippen LogP contribution in [-0.2, 0) is 0 Å². The maximum Gasteiger partial charge on any atom is 0.0533 e. The molecule has 0 spiro atoms. The normalized spacial score (nSPS) is 17.3. The van der Waals surface area contributed by atoms with Gasteiger partial charge in [0.25, 0.3) is 0 Å². The minimum absolute atomic E-state index is 0.418. The second-order valence-corrected chi connectivity index (χ2v) is 4.74. The summed E-state index contributed by atoms with van der Waals surface area (Å²) >= 11 is 0. The molecule has 0 radical (unpaired) electrons. The van der Waals surface area contributed by atoms with Gasteiger partial charge in [-0.05, 0) is 56.8 Å². The number of aryl methyl sites for hydroxylation is 2. The highest BCUT2D eigenvalue weighted by molar-refractivity contribution is 5.36. The lowest BCUT2D eigenvalue weighted by Crippen LogP contribution is -2.18. The van der Waals surface area contributed by atoms with Gasteiger partial charge in [-0.3, -0.25) is 0 Å². The summed E-state index contributed by atoms with van der Waals surface area (Å²) in [6.45, 7) is 4.36. The van der Waals surface area contributed by atoms with Crippen LogP contribution in [0.5, 0.6) is 0 Å². The van der Waals surface area contributed by atoms with E-state index in [1.807, 2.05) is 0 Å². The highest BCUT2D eigenvalue weighted by Gasteiger charge is 2.17. The van der Waals surface area contributed by atoms with Crippen LogP contribution in [0.2, 0.25) is 0 Å². The fraction of sp³-hybridized carbons (Fsp3) is 0.467. The van der Waals surface area contributed by atoms with Crippen LogP contribution in [-0.4, -0.2) is 7.05 Å². The van der Waals surface area contributed by atoms with Crippen molar-refractivity contribution in [3.63, 3.8) is 0 Å². The monoisotopic (exact) mass is 215 g/mol. The van der Waals surface area contributed by atoms with E-state index in [1.54, 1.807) is 5.57 Å². The van der Waals surface area contributed by atoms with E-state index in [1.165, 1.54) is 36.0 Å². The van der Waals surface area contributed by atoms with Crippen molar-refractivity contribution in [1.29, 1.82) is 0 Å². The Hall–Kier alpha value is -1.08. The molecular formula is C15H21N. The fourth-order valence-corrected chi connectivity index (χ4v) is 2.47. The summed E-state index contributed by atoms with van der Waals surface area (Å²) in [6, 6.07) is 7.21. The number of benzene rings is 1. The van der Waals surface area contributed by atoms with Gasteiger partial charge < -0.3 is 5.32 Å². The third kappa shape index (κ3) is 2.19. The van der Waals surface area contributed by atoms with Gasteiger partial charge in [0.1, 0.15) is 0 Å². The number of hydrogen-bond donors (Lipinski definition) is 1. The number of likely N-dealkylation sites (N-methyl/N-ethyl adjacent to an activating group) is 1. The van der Waals surface area contributed by atoms with E-state index in [4.69, 9.17) is 0 Å². The molecule has 1 aliphatic rings. The molecule has 0 saturated heterocycles. The quantitative estimate of drug-likeness (QED) is 0.758. The van der Waals surface area contributed by atoms with Gasteiger partial charge in [-0.25, -0.2) is 0 Å². The first kappa shape index (κ1) is 11.4. The molecule has 1 unspecified atom stereocenters. The lowest BCUT2D eigenvalue weighted by Gasteiger charge is -2.19. The summed E-state index contributed by atoms with van der Waals surface area (Å²) in [5.41, 5.74) is 5.72. The zero-order valence-corrected chi connectivity index (χ0v) is 10.5. The third-order valence-electron chi connectivity index (χ3n) is 3.60. The van der Waals surface area contributed by atoms with Gasteiger partial charge in [-0.1, -0.05) is 29.8 Å². The van der Waals surface area contributed by atoms with Crippen LogP contribution < -0.4 is 5.32 Å². The summed E-state index contributed by atoms with van der Waals surface area (Å²) in [6.07, 6.45) is 6.21. The number of hydrogen-bond acceptors (Lipinski definition) is 1. The van der Waals surface area contributed by atoms with Crippen molar-refractivity contribution in [1.82, 2.24) is 5.32 Å². The van der Waals surface area contributed by atoms with Crippen molar-refractivity contribution in [2.24, 2.45) is 0 Å². The second kappa shape index (κ2) is 4.84. The second-order valence-electron chi connectivity index (χ2n) is 4.74. The maximum absolute atomic E-state index is 3.44. The highest BCUT2D eigenvalue weighted by atomic mass is 14.9. The maximum atomic E-state index is 3.44. The smallest absolute Gasteiger partial charge is 0.0533 e. The number of nitrogens with one attached hydrogen (secondary N) is 1. The van der Waals surface area contributed by atoms with Gasteiger partial charge in [0.05, 0.1) is 6.04 Å². The predicted molar refractivity (Wildman–Crippen MR) is 69.7 cm³/mol. The molecule has 1 nitrogen and oxygen atoms in total. The molecule has 1 aromatic rings. The Morgan fingerprint density at radius 3 is 2.56 bits per heavy atom. The van der Waals surface area contributed by atoms with Crippen LogP contribution in [0.3, 0.4) is 0 Å². The number of rotatable bonds is 3. The standard InChI is InChI=1S/C15H21N/c1-11-8-9-14(10-12(11)2)15(16-3)13-6-4-5-7-13/h6,8-10,15-16H,4-5,7H2,1-3H3. The average Bonchev–Trinajstić information content (AvgIpc) is 2.78. The Morgan fingerprint density at radius 1 is 1.19 bits per heavy atom. The summed E-state index contributed by atoms with van der Waals surface area (Å²) in [5, 5.41) is 3.44. The molecule has 0 aliphatic heterocycles. The van der Waals surface area contributed by atoms with Crippen LogP contribution in [0.4, 0.5) is 0 Å². The van der Waals surface area contributed by atoms with Gasteiger partial charge in [0.15, 0.2) is 0 Å². The lowest BCUT2D eigenvalue weighted by molar-refractivity contribution is 0.655. The molecule has 0 fully saturated rings.